The quantitative estimate of drug-likeness (QED) is 0.286. The third-order valence-electron chi connectivity index (χ3n) is 7.37. The van der Waals surface area contributed by atoms with Crippen LogP contribution in [0.2, 0.25) is 0 Å². The van der Waals surface area contributed by atoms with Crippen LogP contribution in [-0.4, -0.2) is 21.8 Å². The van der Waals surface area contributed by atoms with Crippen LogP contribution in [0.5, 0.6) is 0 Å². The third-order valence-corrected chi connectivity index (χ3v) is 7.37. The van der Waals surface area contributed by atoms with Gasteiger partial charge >= 0.3 is 0 Å². The lowest BCUT2D eigenvalue weighted by Gasteiger charge is -2.31. The molecule has 1 aliphatic heterocycles. The fourth-order valence-corrected chi connectivity index (χ4v) is 5.39. The molecule has 0 unspecified atom stereocenters. The van der Waals surface area contributed by atoms with Gasteiger partial charge in [-0.05, 0) is 54.2 Å². The fraction of sp³-hybridized carbons (Fsp3) is 0.125. The maximum absolute atomic E-state index is 5.31. The molecule has 1 aliphatic carbocycles. The predicted molar refractivity (Wildman–Crippen MR) is 152 cm³/mol. The average molecular weight is 482 g/mol. The van der Waals surface area contributed by atoms with Crippen molar-refractivity contribution in [2.45, 2.75) is 19.3 Å². The second-order valence-corrected chi connectivity index (χ2v) is 9.56. The number of hydrogen-bond acceptors (Lipinski definition) is 4. The molecule has 0 amide bonds. The molecular formula is C32H27N5. The van der Waals surface area contributed by atoms with E-state index in [1.54, 1.807) is 0 Å². The number of nitrogens with one attached hydrogen (secondary N) is 2. The first-order chi connectivity index (χ1) is 18.3. The monoisotopic (exact) mass is 481 g/mol. The Balaban J connectivity index is 1.51. The van der Waals surface area contributed by atoms with Crippen LogP contribution < -0.4 is 10.6 Å². The zero-order chi connectivity index (χ0) is 24.8. The summed E-state index contributed by atoms with van der Waals surface area (Å²) in [6.45, 7) is 0. The summed E-state index contributed by atoms with van der Waals surface area (Å²) in [5, 5.41) is 13.7. The Hall–Kier alpha value is -4.64. The molecule has 5 nitrogen and oxygen atoms in total. The lowest BCUT2D eigenvalue weighted by atomic mass is 9.85. The second kappa shape index (κ2) is 8.79. The Morgan fingerprint density at radius 1 is 0.811 bits per heavy atom. The molecule has 1 saturated carbocycles. The van der Waals surface area contributed by atoms with E-state index in [9.17, 15) is 0 Å². The number of benzene rings is 3. The van der Waals surface area contributed by atoms with E-state index in [4.69, 9.17) is 5.10 Å². The van der Waals surface area contributed by atoms with Crippen molar-refractivity contribution in [2.75, 3.05) is 12.4 Å². The number of nitrogens with zero attached hydrogens (tertiary/aromatic N) is 3. The number of pyridine rings is 1. The number of fused-ring (bicyclic) bond motifs is 2. The number of allylic oxidation sites excluding steroid dienone is 3. The molecule has 180 valence electrons. The van der Waals surface area contributed by atoms with Crippen LogP contribution in [0.15, 0.2) is 109 Å². The van der Waals surface area contributed by atoms with Gasteiger partial charge in [-0.15, -0.1) is 0 Å². The number of aromatic nitrogens is 3. The smallest absolute Gasteiger partial charge is 0.143 e. The molecular weight excluding hydrogens is 454 g/mol. The summed E-state index contributed by atoms with van der Waals surface area (Å²) in [6, 6.07) is 31.7. The van der Waals surface area contributed by atoms with E-state index in [1.165, 1.54) is 17.7 Å². The molecule has 0 radical (unpaired) electrons. The highest BCUT2D eigenvalue weighted by Gasteiger charge is 2.33. The number of rotatable bonds is 4. The van der Waals surface area contributed by atoms with Crippen molar-refractivity contribution in [3.05, 3.63) is 114 Å². The maximum atomic E-state index is 5.31. The van der Waals surface area contributed by atoms with Gasteiger partial charge in [0.1, 0.15) is 17.3 Å². The van der Waals surface area contributed by atoms with Crippen molar-refractivity contribution in [3.63, 3.8) is 0 Å². The second-order valence-electron chi connectivity index (χ2n) is 9.56. The van der Waals surface area contributed by atoms with Gasteiger partial charge in [-0.1, -0.05) is 72.8 Å². The fourth-order valence-electron chi connectivity index (χ4n) is 5.39. The van der Waals surface area contributed by atoms with Crippen molar-refractivity contribution >= 4 is 28.0 Å². The van der Waals surface area contributed by atoms with Gasteiger partial charge in [0.25, 0.3) is 0 Å². The highest BCUT2D eigenvalue weighted by Crippen LogP contribution is 2.48. The summed E-state index contributed by atoms with van der Waals surface area (Å²) in [5.41, 5.74) is 10.3. The molecule has 0 atom stereocenters. The molecule has 1 fully saturated rings. The Morgan fingerprint density at radius 3 is 2.27 bits per heavy atom. The minimum absolute atomic E-state index is 0.978. The standard InChI is InChI=1S/C32H27N5/c1-33-31-28(25-17-18-26-24(20-25)16-9-19-34-26)30(23-14-8-15-23)37-32(35-31)27(21-10-4-2-5-11-21)29(36-37)22-12-6-3-7-13-22/h2-7,9-13,16-20,33,35H,8,14-15H2,1H3. The number of hydrogen-bond donors (Lipinski definition) is 2. The predicted octanol–water partition coefficient (Wildman–Crippen LogP) is 7.17. The van der Waals surface area contributed by atoms with Crippen LogP contribution in [0, 0.1) is 0 Å². The van der Waals surface area contributed by atoms with Crippen LogP contribution in [0.4, 0.5) is 5.82 Å². The lowest BCUT2D eigenvalue weighted by molar-refractivity contribution is 0.656. The zero-order valence-electron chi connectivity index (χ0n) is 20.7. The van der Waals surface area contributed by atoms with Crippen LogP contribution in [-0.2, 0) is 0 Å². The largest absolute Gasteiger partial charge is 0.374 e. The van der Waals surface area contributed by atoms with Gasteiger partial charge in [0.2, 0.25) is 0 Å². The van der Waals surface area contributed by atoms with E-state index in [1.807, 2.05) is 19.3 Å². The minimum atomic E-state index is 0.978. The summed E-state index contributed by atoms with van der Waals surface area (Å²) < 4.78 is 2.16. The molecule has 7 rings (SSSR count). The molecule has 2 aromatic heterocycles. The van der Waals surface area contributed by atoms with Crippen LogP contribution in [0.1, 0.15) is 24.8 Å². The lowest BCUT2D eigenvalue weighted by Crippen LogP contribution is -2.26. The first-order valence-electron chi connectivity index (χ1n) is 12.8. The summed E-state index contributed by atoms with van der Waals surface area (Å²) in [4.78, 5) is 4.53. The summed E-state index contributed by atoms with van der Waals surface area (Å²) in [5.74, 6) is 1.98. The first-order valence-corrected chi connectivity index (χ1v) is 12.8. The highest BCUT2D eigenvalue weighted by atomic mass is 15.4. The first kappa shape index (κ1) is 21.6. The Labute approximate surface area is 216 Å². The average Bonchev–Trinajstić information content (AvgIpc) is 3.32. The SMILES string of the molecule is CNC1=C(c2ccc3ncccc3c2)C(=C2CCC2)n2nc(-c3ccccc3)c(-c3ccccc3)c2N1. The summed E-state index contributed by atoms with van der Waals surface area (Å²) in [6.07, 6.45) is 5.23. The Morgan fingerprint density at radius 2 is 1.57 bits per heavy atom. The minimum Gasteiger partial charge on any atom is -0.374 e. The van der Waals surface area contributed by atoms with Crippen molar-refractivity contribution in [3.8, 4) is 22.4 Å². The Kier molecular flexibility index (Phi) is 5.14. The van der Waals surface area contributed by atoms with E-state index in [-0.39, 0.29) is 0 Å². The van der Waals surface area contributed by atoms with Gasteiger partial charge in [-0.2, -0.15) is 5.10 Å². The normalized spacial score (nSPS) is 14.8. The summed E-state index contributed by atoms with van der Waals surface area (Å²) >= 11 is 0. The topological polar surface area (TPSA) is 54.8 Å². The van der Waals surface area contributed by atoms with E-state index in [2.05, 4.69) is 105 Å². The molecule has 2 N–H and O–H groups in total. The van der Waals surface area contributed by atoms with Crippen molar-refractivity contribution < 1.29 is 0 Å². The van der Waals surface area contributed by atoms with E-state index in [0.29, 0.717) is 0 Å². The Bertz CT molecular complexity index is 1690. The summed E-state index contributed by atoms with van der Waals surface area (Å²) in [7, 11) is 1.99. The van der Waals surface area contributed by atoms with E-state index < -0.39 is 0 Å². The van der Waals surface area contributed by atoms with E-state index >= 15 is 0 Å². The molecule has 3 heterocycles. The highest BCUT2D eigenvalue weighted by molar-refractivity contribution is 6.07. The third kappa shape index (κ3) is 3.54. The zero-order valence-corrected chi connectivity index (χ0v) is 20.7. The van der Waals surface area contributed by atoms with Crippen molar-refractivity contribution in [1.82, 2.24) is 20.1 Å². The molecule has 0 bridgehead atoms. The van der Waals surface area contributed by atoms with Gasteiger partial charge < -0.3 is 10.6 Å². The van der Waals surface area contributed by atoms with Crippen LogP contribution >= 0.6 is 0 Å². The number of anilines is 1. The molecule has 3 aromatic carbocycles. The molecule has 5 heteroatoms. The van der Waals surface area contributed by atoms with Crippen molar-refractivity contribution in [1.29, 1.82) is 0 Å². The van der Waals surface area contributed by atoms with Gasteiger partial charge in [-0.25, -0.2) is 4.68 Å². The van der Waals surface area contributed by atoms with Crippen LogP contribution in [0.25, 0.3) is 44.6 Å². The molecule has 37 heavy (non-hydrogen) atoms. The van der Waals surface area contributed by atoms with Gasteiger partial charge in [0.15, 0.2) is 0 Å². The molecule has 5 aromatic rings. The van der Waals surface area contributed by atoms with Gasteiger partial charge in [-0.3, -0.25) is 4.98 Å². The van der Waals surface area contributed by atoms with E-state index in [0.717, 1.165) is 68.9 Å². The van der Waals surface area contributed by atoms with Crippen molar-refractivity contribution in [2.24, 2.45) is 0 Å². The van der Waals surface area contributed by atoms with Gasteiger partial charge in [0.05, 0.1) is 16.8 Å². The van der Waals surface area contributed by atoms with Crippen LogP contribution in [0.3, 0.4) is 0 Å². The molecule has 2 aliphatic rings. The molecule has 0 spiro atoms. The molecule has 0 saturated heterocycles. The van der Waals surface area contributed by atoms with Gasteiger partial charge in [0, 0.05) is 29.8 Å². The maximum Gasteiger partial charge on any atom is 0.143 e.